The standard InChI is InChI=1S/C6H14N4O4.HNO3/c7-6(8)10-9-5-4(13)3(12)2(11)1-14-5;2-1(3)4/h2-5,9,11-13H,1H2,(H4,7,8,10);(H,2,3,4)/t2-,3-,4+,5-;/m0./s1. The summed E-state index contributed by atoms with van der Waals surface area (Å²) in [5.41, 5.74) is 12.4. The van der Waals surface area contributed by atoms with Crippen LogP contribution in [0.15, 0.2) is 5.10 Å². The number of nitrogens with two attached hydrogens (primary N) is 2. The highest BCUT2D eigenvalue weighted by Gasteiger charge is 2.37. The normalized spacial score (nSPS) is 30.6. The van der Waals surface area contributed by atoms with Gasteiger partial charge in [0.25, 0.3) is 5.09 Å². The third kappa shape index (κ3) is 6.00. The molecule has 12 nitrogen and oxygen atoms in total. The van der Waals surface area contributed by atoms with Crippen molar-refractivity contribution in [2.24, 2.45) is 16.6 Å². The first-order valence-corrected chi connectivity index (χ1v) is 4.59. The number of guanidine groups is 1. The Balaban J connectivity index is 0.000000631. The van der Waals surface area contributed by atoms with Crippen molar-refractivity contribution >= 4 is 5.96 Å². The summed E-state index contributed by atoms with van der Waals surface area (Å²) >= 11 is 0. The van der Waals surface area contributed by atoms with Gasteiger partial charge in [-0.05, 0) is 0 Å². The number of hydrogen-bond acceptors (Lipinski definition) is 8. The second kappa shape index (κ2) is 7.44. The van der Waals surface area contributed by atoms with E-state index >= 15 is 0 Å². The first-order valence-electron chi connectivity index (χ1n) is 4.59. The van der Waals surface area contributed by atoms with E-state index in [9.17, 15) is 10.2 Å². The molecule has 0 saturated carbocycles. The van der Waals surface area contributed by atoms with Crippen LogP contribution < -0.4 is 16.9 Å². The number of aliphatic hydroxyl groups is 3. The van der Waals surface area contributed by atoms with E-state index in [2.05, 4.69) is 10.5 Å². The molecule has 0 aliphatic carbocycles. The van der Waals surface area contributed by atoms with Gasteiger partial charge in [-0.1, -0.05) is 0 Å². The van der Waals surface area contributed by atoms with Gasteiger partial charge in [-0.25, -0.2) is 0 Å². The van der Waals surface area contributed by atoms with Crippen LogP contribution in [0.4, 0.5) is 0 Å². The first-order chi connectivity index (χ1) is 8.25. The van der Waals surface area contributed by atoms with E-state index in [1.165, 1.54) is 0 Å². The molecule has 0 aromatic heterocycles. The van der Waals surface area contributed by atoms with Crippen molar-refractivity contribution in [3.63, 3.8) is 0 Å². The Morgan fingerprint density at radius 3 is 2.33 bits per heavy atom. The van der Waals surface area contributed by atoms with E-state index in [4.69, 9.17) is 36.6 Å². The molecule has 0 aromatic carbocycles. The Labute approximate surface area is 101 Å². The molecule has 0 spiro atoms. The highest BCUT2D eigenvalue weighted by atomic mass is 16.9. The summed E-state index contributed by atoms with van der Waals surface area (Å²) in [7, 11) is 0. The van der Waals surface area contributed by atoms with Crippen molar-refractivity contribution in [1.29, 1.82) is 0 Å². The fourth-order valence-electron chi connectivity index (χ4n) is 1.06. The molecule has 1 fully saturated rings. The maximum Gasteiger partial charge on any atom is 0.291 e. The van der Waals surface area contributed by atoms with Gasteiger partial charge in [-0.15, -0.1) is 15.2 Å². The number of hydrogen-bond donors (Lipinski definition) is 7. The quantitative estimate of drug-likeness (QED) is 0.111. The topological polar surface area (TPSA) is 210 Å². The molecule has 1 heterocycles. The average molecular weight is 269 g/mol. The van der Waals surface area contributed by atoms with Crippen LogP contribution in [-0.4, -0.2) is 62.7 Å². The predicted molar refractivity (Wildman–Crippen MR) is 55.5 cm³/mol. The highest BCUT2D eigenvalue weighted by molar-refractivity contribution is 5.75. The van der Waals surface area contributed by atoms with E-state index < -0.39 is 29.6 Å². The maximum atomic E-state index is 9.37. The van der Waals surface area contributed by atoms with Crippen molar-refractivity contribution in [3.8, 4) is 0 Å². The summed E-state index contributed by atoms with van der Waals surface area (Å²) in [4.78, 5) is 8.36. The van der Waals surface area contributed by atoms with Gasteiger partial charge in [0.1, 0.15) is 18.3 Å². The SMILES string of the molecule is NC(N)=NN[C@H]1OC[C@H](O)[C@H](O)[C@H]1O.O=[N+]([O-])O. The number of hydrazone groups is 1. The molecule has 0 aromatic rings. The Bertz CT molecular complexity index is 292. The van der Waals surface area contributed by atoms with E-state index in [1.54, 1.807) is 0 Å². The molecule has 0 bridgehead atoms. The van der Waals surface area contributed by atoms with E-state index in [-0.39, 0.29) is 12.6 Å². The van der Waals surface area contributed by atoms with Gasteiger partial charge in [0.2, 0.25) is 5.96 Å². The minimum atomic E-state index is -1.50. The zero-order chi connectivity index (χ0) is 14.3. The van der Waals surface area contributed by atoms with E-state index in [0.717, 1.165) is 0 Å². The van der Waals surface area contributed by atoms with Gasteiger partial charge < -0.3 is 36.7 Å². The Hall–Kier alpha value is -1.89. The van der Waals surface area contributed by atoms with Crippen LogP contribution in [0.1, 0.15) is 0 Å². The second-order valence-corrected chi connectivity index (χ2v) is 3.21. The van der Waals surface area contributed by atoms with Gasteiger partial charge in [-0.3, -0.25) is 5.43 Å². The molecule has 0 unspecified atom stereocenters. The van der Waals surface area contributed by atoms with Crippen molar-refractivity contribution in [2.75, 3.05) is 6.61 Å². The summed E-state index contributed by atoms with van der Waals surface area (Å²) in [5.74, 6) is -0.221. The molecule has 1 saturated heterocycles. The molecule has 1 rings (SSSR count). The fourth-order valence-corrected chi connectivity index (χ4v) is 1.06. The number of rotatable bonds is 2. The predicted octanol–water partition coefficient (Wildman–Crippen LogP) is -4.14. The number of aliphatic hydroxyl groups excluding tert-OH is 3. The minimum Gasteiger partial charge on any atom is -0.388 e. The van der Waals surface area contributed by atoms with Crippen LogP contribution in [0.25, 0.3) is 0 Å². The molecular weight excluding hydrogens is 254 g/mol. The smallest absolute Gasteiger partial charge is 0.291 e. The molecular formula is C6H15N5O7. The lowest BCUT2D eigenvalue weighted by molar-refractivity contribution is -0.742. The third-order valence-electron chi connectivity index (χ3n) is 1.82. The largest absolute Gasteiger partial charge is 0.388 e. The summed E-state index contributed by atoms with van der Waals surface area (Å²) in [6, 6.07) is 0. The summed E-state index contributed by atoms with van der Waals surface area (Å²) in [6.45, 7) is -0.101. The number of nitrogens with one attached hydrogen (secondary N) is 1. The Morgan fingerprint density at radius 1 is 1.39 bits per heavy atom. The van der Waals surface area contributed by atoms with Gasteiger partial charge in [0.05, 0.1) is 6.61 Å². The summed E-state index contributed by atoms with van der Waals surface area (Å²) < 4.78 is 4.93. The monoisotopic (exact) mass is 269 g/mol. The molecule has 9 N–H and O–H groups in total. The zero-order valence-electron chi connectivity index (χ0n) is 9.08. The highest BCUT2D eigenvalue weighted by Crippen LogP contribution is 2.13. The molecule has 0 radical (unpaired) electrons. The fraction of sp³-hybridized carbons (Fsp3) is 0.833. The van der Waals surface area contributed by atoms with Crippen LogP contribution in [0.2, 0.25) is 0 Å². The minimum absolute atomic E-state index is 0.101. The number of ether oxygens (including phenoxy) is 1. The lowest BCUT2D eigenvalue weighted by Gasteiger charge is -2.34. The Morgan fingerprint density at radius 2 is 1.89 bits per heavy atom. The van der Waals surface area contributed by atoms with Crippen molar-refractivity contribution in [1.82, 2.24) is 5.43 Å². The van der Waals surface area contributed by atoms with Gasteiger partial charge in [0, 0.05) is 0 Å². The van der Waals surface area contributed by atoms with Crippen LogP contribution >= 0.6 is 0 Å². The number of nitrogens with zero attached hydrogens (tertiary/aromatic N) is 2. The Kier molecular flexibility index (Phi) is 6.66. The summed E-state index contributed by atoms with van der Waals surface area (Å²) in [5, 5.41) is 44.8. The van der Waals surface area contributed by atoms with E-state index in [1.807, 2.05) is 0 Å². The third-order valence-corrected chi connectivity index (χ3v) is 1.82. The first kappa shape index (κ1) is 16.1. The summed E-state index contributed by atoms with van der Waals surface area (Å²) in [6.07, 6.45) is -4.62. The molecule has 18 heavy (non-hydrogen) atoms. The maximum absolute atomic E-state index is 9.37. The second-order valence-electron chi connectivity index (χ2n) is 3.21. The van der Waals surface area contributed by atoms with E-state index in [0.29, 0.717) is 0 Å². The lowest BCUT2D eigenvalue weighted by Crippen LogP contribution is -2.57. The van der Waals surface area contributed by atoms with Crippen LogP contribution in [0, 0.1) is 10.1 Å². The average Bonchev–Trinajstić information content (AvgIpc) is 2.24. The van der Waals surface area contributed by atoms with Crippen LogP contribution in [-0.2, 0) is 4.74 Å². The molecule has 1 aliphatic heterocycles. The van der Waals surface area contributed by atoms with Crippen LogP contribution in [0.5, 0.6) is 0 Å². The van der Waals surface area contributed by atoms with Gasteiger partial charge in [-0.2, -0.15) is 0 Å². The molecule has 0 amide bonds. The van der Waals surface area contributed by atoms with Crippen molar-refractivity contribution in [3.05, 3.63) is 10.1 Å². The van der Waals surface area contributed by atoms with Crippen molar-refractivity contribution < 1.29 is 30.4 Å². The molecule has 12 heteroatoms. The molecule has 4 atom stereocenters. The van der Waals surface area contributed by atoms with Crippen LogP contribution in [0.3, 0.4) is 0 Å². The van der Waals surface area contributed by atoms with Gasteiger partial charge in [0.15, 0.2) is 6.23 Å². The zero-order valence-corrected chi connectivity index (χ0v) is 9.08. The molecule has 106 valence electrons. The lowest BCUT2D eigenvalue weighted by atomic mass is 10.1. The molecule has 1 aliphatic rings. The van der Waals surface area contributed by atoms with Crippen molar-refractivity contribution in [2.45, 2.75) is 24.5 Å². The van der Waals surface area contributed by atoms with Gasteiger partial charge >= 0.3 is 0 Å².